The number of amides is 2. The summed E-state index contributed by atoms with van der Waals surface area (Å²) in [6.45, 7) is 8.36. The molecule has 2 aliphatic heterocycles. The standard InChI is InChI=1S/C38H48N8O3/c1-21-4-10-29(11-5-21)46-37(49)43-36(44-46)38(18-22(2)42-20-34(47)45-30(19-39)16-28-17-33(28)45)31-12-8-24(23(3)40)14-25(31)6-7-26-15-27(35(41)48)9-13-32(26)38/h4-5,9-11,13,15,22,24-25,28,30-31,33,37,42,49H,3,6-8,12,14,16-18,20,40H2,1-2H3,(H2,41,48)(H,43,44)/t22-,24?,25?,28+,30-,31?,33-,37?,38?/m0/s1. The molecule has 0 radical (unpaired) electrons. The number of likely N-dealkylation sites (tertiary alicyclic amines) is 1. The van der Waals surface area contributed by atoms with Crippen molar-refractivity contribution in [1.82, 2.24) is 15.6 Å². The third-order valence-electron chi connectivity index (χ3n) is 12.0. The quantitative estimate of drug-likeness (QED) is 0.271. The Bertz CT molecular complexity index is 1720. The number of amidine groups is 1. The minimum Gasteiger partial charge on any atom is -0.402 e. The van der Waals surface area contributed by atoms with Crippen molar-refractivity contribution in [3.8, 4) is 6.07 Å². The van der Waals surface area contributed by atoms with Gasteiger partial charge in [-0.15, -0.1) is 0 Å². The van der Waals surface area contributed by atoms with Crippen LogP contribution in [0.1, 0.15) is 78.9 Å². The lowest BCUT2D eigenvalue weighted by molar-refractivity contribution is -0.131. The number of piperidine rings is 1. The first kappa shape index (κ1) is 33.1. The summed E-state index contributed by atoms with van der Waals surface area (Å²) < 4.78 is 0. The summed E-state index contributed by atoms with van der Waals surface area (Å²) in [6.07, 6.45) is 5.48. The van der Waals surface area contributed by atoms with Crippen LogP contribution < -0.4 is 27.2 Å². The van der Waals surface area contributed by atoms with Crippen molar-refractivity contribution in [3.05, 3.63) is 77.0 Å². The lowest BCUT2D eigenvalue weighted by Gasteiger charge is -2.49. The minimum absolute atomic E-state index is 0.0399. The number of anilines is 1. The number of fused-ring (bicyclic) bond motifs is 3. The van der Waals surface area contributed by atoms with Crippen LogP contribution in [-0.4, -0.2) is 58.7 Å². The topological polar surface area (TPSA) is 173 Å². The number of nitrogens with two attached hydrogens (primary N) is 2. The summed E-state index contributed by atoms with van der Waals surface area (Å²) in [6, 6.07) is 15.7. The van der Waals surface area contributed by atoms with E-state index in [1.165, 1.54) is 0 Å². The number of aliphatic imine (C=N–C) groups is 1. The van der Waals surface area contributed by atoms with Crippen molar-refractivity contribution in [2.45, 2.75) is 95.1 Å². The monoisotopic (exact) mass is 664 g/mol. The van der Waals surface area contributed by atoms with Crippen LogP contribution in [0.25, 0.3) is 0 Å². The fourth-order valence-corrected chi connectivity index (χ4v) is 9.49. The van der Waals surface area contributed by atoms with Gasteiger partial charge < -0.3 is 26.8 Å². The number of primary amides is 1. The highest BCUT2D eigenvalue weighted by Crippen LogP contribution is 2.54. The van der Waals surface area contributed by atoms with E-state index < -0.39 is 17.7 Å². The van der Waals surface area contributed by atoms with Gasteiger partial charge in [0.15, 0.2) is 0 Å². The van der Waals surface area contributed by atoms with Gasteiger partial charge in [-0.25, -0.2) is 10.0 Å². The number of nitrogens with zero attached hydrogens (tertiary/aromatic N) is 4. The molecule has 7 N–H and O–H groups in total. The number of benzene rings is 2. The molecule has 7 rings (SSSR count). The van der Waals surface area contributed by atoms with Gasteiger partial charge in [-0.2, -0.15) is 5.26 Å². The average Bonchev–Trinajstić information content (AvgIpc) is 3.62. The smallest absolute Gasteiger partial charge is 0.248 e. The highest BCUT2D eigenvalue weighted by Gasteiger charge is 2.56. The Hall–Kier alpha value is -4.40. The number of hydrazine groups is 1. The molecule has 2 saturated carbocycles. The van der Waals surface area contributed by atoms with Gasteiger partial charge in [-0.1, -0.05) is 30.3 Å². The second kappa shape index (κ2) is 12.8. The molecular weight excluding hydrogens is 616 g/mol. The van der Waals surface area contributed by atoms with E-state index in [0.717, 1.165) is 67.3 Å². The number of nitrogens with one attached hydrogen (secondary N) is 2. The lowest BCUT2D eigenvalue weighted by atomic mass is 9.56. The van der Waals surface area contributed by atoms with Crippen LogP contribution in [-0.2, 0) is 16.6 Å². The van der Waals surface area contributed by atoms with Gasteiger partial charge in [-0.05, 0) is 124 Å². The van der Waals surface area contributed by atoms with Crippen molar-refractivity contribution in [3.63, 3.8) is 0 Å². The zero-order valence-electron chi connectivity index (χ0n) is 28.4. The van der Waals surface area contributed by atoms with Crippen molar-refractivity contribution >= 4 is 23.3 Å². The molecule has 2 aromatic rings. The molecule has 258 valence electrons. The van der Waals surface area contributed by atoms with Crippen LogP contribution >= 0.6 is 0 Å². The van der Waals surface area contributed by atoms with E-state index in [-0.39, 0.29) is 48.3 Å². The summed E-state index contributed by atoms with van der Waals surface area (Å²) in [4.78, 5) is 32.7. The van der Waals surface area contributed by atoms with Gasteiger partial charge in [0, 0.05) is 23.3 Å². The maximum absolute atomic E-state index is 13.5. The molecule has 0 spiro atoms. The Balaban J connectivity index is 1.28. The lowest BCUT2D eigenvalue weighted by Crippen LogP contribution is -2.57. The summed E-state index contributed by atoms with van der Waals surface area (Å²) in [5.41, 5.74) is 20.1. The average molecular weight is 665 g/mol. The van der Waals surface area contributed by atoms with Crippen LogP contribution in [0.5, 0.6) is 0 Å². The molecule has 49 heavy (non-hydrogen) atoms. The molecule has 2 heterocycles. The van der Waals surface area contributed by atoms with Crippen LogP contribution in [0.3, 0.4) is 0 Å². The molecule has 3 fully saturated rings. The molecular formula is C38H48N8O3. The first-order chi connectivity index (χ1) is 23.5. The summed E-state index contributed by atoms with van der Waals surface area (Å²) in [7, 11) is 0. The number of nitriles is 1. The van der Waals surface area contributed by atoms with Gasteiger partial charge in [0.25, 0.3) is 0 Å². The number of allylic oxidation sites excluding steroid dienone is 1. The minimum atomic E-state index is -1.15. The first-order valence-electron chi connectivity index (χ1n) is 17.7. The van der Waals surface area contributed by atoms with Crippen LogP contribution in [0.15, 0.2) is 59.7 Å². The zero-order valence-corrected chi connectivity index (χ0v) is 28.4. The van der Waals surface area contributed by atoms with Crippen molar-refractivity contribution < 1.29 is 14.7 Å². The summed E-state index contributed by atoms with van der Waals surface area (Å²) >= 11 is 0. The number of carbonyl (C=O) groups excluding carboxylic acids is 2. The predicted molar refractivity (Wildman–Crippen MR) is 188 cm³/mol. The van der Waals surface area contributed by atoms with E-state index in [4.69, 9.17) is 16.5 Å². The third-order valence-corrected chi connectivity index (χ3v) is 12.0. The van der Waals surface area contributed by atoms with E-state index in [0.29, 0.717) is 29.4 Å². The first-order valence-corrected chi connectivity index (χ1v) is 17.7. The fourth-order valence-electron chi connectivity index (χ4n) is 9.49. The van der Waals surface area contributed by atoms with E-state index >= 15 is 0 Å². The Morgan fingerprint density at radius 3 is 2.63 bits per heavy atom. The maximum atomic E-state index is 13.5. The van der Waals surface area contributed by atoms with Gasteiger partial charge in [0.05, 0.1) is 23.7 Å². The molecule has 9 atom stereocenters. The second-order valence-corrected chi connectivity index (χ2v) is 15.1. The number of aliphatic hydroxyl groups is 1. The highest BCUT2D eigenvalue weighted by molar-refractivity contribution is 5.98. The Labute approximate surface area is 288 Å². The van der Waals surface area contributed by atoms with E-state index in [9.17, 15) is 20.0 Å². The normalized spacial score (nSPS) is 32.0. The largest absolute Gasteiger partial charge is 0.402 e. The molecule has 0 aromatic heterocycles. The van der Waals surface area contributed by atoms with Gasteiger partial charge in [0.1, 0.15) is 11.9 Å². The Morgan fingerprint density at radius 1 is 1.14 bits per heavy atom. The second-order valence-electron chi connectivity index (χ2n) is 15.1. The number of aryl methyl sites for hydroxylation is 2. The van der Waals surface area contributed by atoms with E-state index in [1.54, 1.807) is 16.0 Å². The van der Waals surface area contributed by atoms with Crippen molar-refractivity contribution in [2.75, 3.05) is 11.6 Å². The Kier molecular flexibility index (Phi) is 8.66. The van der Waals surface area contributed by atoms with Crippen LogP contribution in [0, 0.1) is 41.9 Å². The molecule has 11 nitrogen and oxygen atoms in total. The van der Waals surface area contributed by atoms with Gasteiger partial charge in [-0.3, -0.25) is 15.0 Å². The third kappa shape index (κ3) is 5.95. The molecule has 0 bridgehead atoms. The molecule has 5 unspecified atom stereocenters. The van der Waals surface area contributed by atoms with Crippen LogP contribution in [0.4, 0.5) is 5.69 Å². The fraction of sp³-hybridized carbons (Fsp3) is 0.526. The van der Waals surface area contributed by atoms with Crippen molar-refractivity contribution in [1.29, 1.82) is 5.26 Å². The molecule has 11 heteroatoms. The number of rotatable bonds is 9. The molecule has 2 amide bonds. The molecule has 5 aliphatic rings. The van der Waals surface area contributed by atoms with Gasteiger partial charge in [0.2, 0.25) is 18.2 Å². The number of hydrogen-bond acceptors (Lipinski definition) is 9. The number of aliphatic hydroxyl groups excluding tert-OH is 1. The van der Waals surface area contributed by atoms with E-state index in [1.807, 2.05) is 43.3 Å². The number of hydrogen-bond donors (Lipinski definition) is 5. The Morgan fingerprint density at radius 2 is 1.92 bits per heavy atom. The SMILES string of the molecule is C=C(N)C1CCC2C(CCc3cc(C(N)=O)ccc3C2(C[C@H](C)NCC(=O)N2[C@H](C#N)C[C@@H]3C[C@@H]32)C2=NC(O)N(c3ccc(C)cc3)N2)C1. The number of carbonyl (C=O) groups is 2. The molecule has 3 aliphatic carbocycles. The van der Waals surface area contributed by atoms with E-state index in [2.05, 4.69) is 30.3 Å². The van der Waals surface area contributed by atoms with Gasteiger partial charge >= 0.3 is 0 Å². The maximum Gasteiger partial charge on any atom is 0.248 e. The van der Waals surface area contributed by atoms with Crippen molar-refractivity contribution in [2.24, 2.45) is 40.1 Å². The highest BCUT2D eigenvalue weighted by atomic mass is 16.3. The predicted octanol–water partition coefficient (Wildman–Crippen LogP) is 3.36. The van der Waals surface area contributed by atoms with Crippen LogP contribution in [0.2, 0.25) is 0 Å². The zero-order chi connectivity index (χ0) is 34.6. The summed E-state index contributed by atoms with van der Waals surface area (Å²) in [5, 5.41) is 26.4. The summed E-state index contributed by atoms with van der Waals surface area (Å²) in [5.74, 6) is 1.20. The molecule has 2 aromatic carbocycles. The molecule has 1 saturated heterocycles.